The summed E-state index contributed by atoms with van der Waals surface area (Å²) in [4.78, 5) is 4.50. The molecule has 1 saturated carbocycles. The zero-order valence-electron chi connectivity index (χ0n) is 12.4. The molecule has 1 N–H and O–H groups in total. The topological polar surface area (TPSA) is 24.9 Å². The van der Waals surface area contributed by atoms with Crippen molar-refractivity contribution in [3.8, 4) is 0 Å². The Morgan fingerprint density at radius 1 is 1.32 bits per heavy atom. The first-order chi connectivity index (χ1) is 9.33. The van der Waals surface area contributed by atoms with Crippen molar-refractivity contribution in [3.05, 3.63) is 30.1 Å². The lowest BCUT2D eigenvalue weighted by Gasteiger charge is -2.25. The van der Waals surface area contributed by atoms with Gasteiger partial charge in [0.15, 0.2) is 0 Å². The Bertz CT molecular complexity index is 350. The summed E-state index contributed by atoms with van der Waals surface area (Å²) in [6.07, 6.45) is 9.78. The Kier molecular flexibility index (Phi) is 5.84. The van der Waals surface area contributed by atoms with Gasteiger partial charge >= 0.3 is 0 Å². The molecule has 2 heteroatoms. The van der Waals surface area contributed by atoms with Crippen LogP contribution in [-0.4, -0.2) is 17.6 Å². The van der Waals surface area contributed by atoms with Gasteiger partial charge in [-0.25, -0.2) is 0 Å². The van der Waals surface area contributed by atoms with E-state index < -0.39 is 0 Å². The molecule has 0 radical (unpaired) electrons. The normalized spacial score (nSPS) is 24.5. The fraction of sp³-hybridized carbons (Fsp3) is 0.706. The number of pyridine rings is 1. The Morgan fingerprint density at radius 3 is 2.84 bits per heavy atom. The quantitative estimate of drug-likeness (QED) is 0.806. The molecule has 0 aromatic carbocycles. The van der Waals surface area contributed by atoms with Crippen LogP contribution >= 0.6 is 0 Å². The highest BCUT2D eigenvalue weighted by Gasteiger charge is 2.29. The van der Waals surface area contributed by atoms with Crippen LogP contribution < -0.4 is 5.32 Å². The summed E-state index contributed by atoms with van der Waals surface area (Å²) in [5.41, 5.74) is 1.23. The van der Waals surface area contributed by atoms with Gasteiger partial charge in [0.1, 0.15) is 0 Å². The second-order valence-electron chi connectivity index (χ2n) is 5.93. The van der Waals surface area contributed by atoms with E-state index in [1.165, 1.54) is 37.8 Å². The van der Waals surface area contributed by atoms with Crippen molar-refractivity contribution in [1.29, 1.82) is 0 Å². The first kappa shape index (κ1) is 14.5. The number of rotatable bonds is 7. The average molecular weight is 260 g/mol. The van der Waals surface area contributed by atoms with Crippen molar-refractivity contribution in [1.82, 2.24) is 10.3 Å². The van der Waals surface area contributed by atoms with E-state index in [-0.39, 0.29) is 0 Å². The van der Waals surface area contributed by atoms with Gasteiger partial charge in [0.05, 0.1) is 0 Å². The number of aromatic nitrogens is 1. The molecule has 0 spiro atoms. The Morgan fingerprint density at radius 2 is 2.21 bits per heavy atom. The van der Waals surface area contributed by atoms with E-state index in [0.717, 1.165) is 24.8 Å². The summed E-state index contributed by atoms with van der Waals surface area (Å²) in [6.45, 7) is 5.71. The van der Waals surface area contributed by atoms with E-state index in [4.69, 9.17) is 0 Å². The number of hydrogen-bond acceptors (Lipinski definition) is 2. The molecule has 2 nitrogen and oxygen atoms in total. The molecule has 1 aliphatic carbocycles. The highest BCUT2D eigenvalue weighted by atomic mass is 14.9. The second-order valence-corrected chi connectivity index (χ2v) is 5.93. The molecule has 0 saturated heterocycles. The molecule has 0 aliphatic heterocycles. The average Bonchev–Trinajstić information content (AvgIpc) is 2.93. The SMILES string of the molecule is CCCNC(Cc1ccccn1)C1CCC(CC)C1. The minimum absolute atomic E-state index is 0.617. The monoisotopic (exact) mass is 260 g/mol. The van der Waals surface area contributed by atoms with E-state index in [1.807, 2.05) is 12.3 Å². The third kappa shape index (κ3) is 4.31. The van der Waals surface area contributed by atoms with E-state index in [9.17, 15) is 0 Å². The van der Waals surface area contributed by atoms with E-state index in [0.29, 0.717) is 6.04 Å². The first-order valence-electron chi connectivity index (χ1n) is 7.96. The third-order valence-electron chi connectivity index (χ3n) is 4.54. The fourth-order valence-corrected chi connectivity index (χ4v) is 3.33. The number of hydrogen-bond donors (Lipinski definition) is 1. The van der Waals surface area contributed by atoms with Crippen LogP contribution in [0.3, 0.4) is 0 Å². The van der Waals surface area contributed by atoms with Gasteiger partial charge in [-0.15, -0.1) is 0 Å². The summed E-state index contributed by atoms with van der Waals surface area (Å²) < 4.78 is 0. The van der Waals surface area contributed by atoms with Crippen LogP contribution in [0.4, 0.5) is 0 Å². The minimum atomic E-state index is 0.617. The Balaban J connectivity index is 1.95. The van der Waals surface area contributed by atoms with Crippen molar-refractivity contribution in [2.45, 2.75) is 58.4 Å². The molecule has 1 aromatic heterocycles. The van der Waals surface area contributed by atoms with Gasteiger partial charge in [0.25, 0.3) is 0 Å². The number of nitrogens with zero attached hydrogens (tertiary/aromatic N) is 1. The Labute approximate surface area is 118 Å². The zero-order chi connectivity index (χ0) is 13.5. The summed E-state index contributed by atoms with van der Waals surface area (Å²) in [6, 6.07) is 6.88. The largest absolute Gasteiger partial charge is 0.313 e. The molecular weight excluding hydrogens is 232 g/mol. The van der Waals surface area contributed by atoms with Crippen molar-refractivity contribution in [3.63, 3.8) is 0 Å². The van der Waals surface area contributed by atoms with Gasteiger partial charge in [0, 0.05) is 24.4 Å². The van der Waals surface area contributed by atoms with Gasteiger partial charge in [0.2, 0.25) is 0 Å². The molecule has 1 heterocycles. The standard InChI is InChI=1S/C17H28N2/c1-3-10-19-17(13-16-7-5-6-11-18-16)15-9-8-14(4-2)12-15/h5-7,11,14-15,17,19H,3-4,8-10,12-13H2,1-2H3. The maximum atomic E-state index is 4.50. The summed E-state index contributed by atoms with van der Waals surface area (Å²) >= 11 is 0. The van der Waals surface area contributed by atoms with Crippen molar-refractivity contribution < 1.29 is 0 Å². The smallest absolute Gasteiger partial charge is 0.0419 e. The highest BCUT2D eigenvalue weighted by Crippen LogP contribution is 2.35. The lowest BCUT2D eigenvalue weighted by molar-refractivity contribution is 0.342. The van der Waals surface area contributed by atoms with Gasteiger partial charge < -0.3 is 5.32 Å². The second kappa shape index (κ2) is 7.64. The molecule has 1 aromatic rings. The molecule has 2 rings (SSSR count). The lowest BCUT2D eigenvalue weighted by Crippen LogP contribution is -2.38. The predicted molar refractivity (Wildman–Crippen MR) is 81.1 cm³/mol. The van der Waals surface area contributed by atoms with E-state index in [1.54, 1.807) is 0 Å². The van der Waals surface area contributed by atoms with Crippen LogP contribution in [0.15, 0.2) is 24.4 Å². The van der Waals surface area contributed by atoms with E-state index >= 15 is 0 Å². The third-order valence-corrected chi connectivity index (χ3v) is 4.54. The molecule has 3 unspecified atom stereocenters. The first-order valence-corrected chi connectivity index (χ1v) is 7.96. The summed E-state index contributed by atoms with van der Waals surface area (Å²) in [7, 11) is 0. The molecule has 1 aliphatic rings. The van der Waals surface area contributed by atoms with Crippen LogP contribution in [0.5, 0.6) is 0 Å². The molecule has 1 fully saturated rings. The van der Waals surface area contributed by atoms with Crippen LogP contribution in [0.2, 0.25) is 0 Å². The summed E-state index contributed by atoms with van der Waals surface area (Å²) in [5, 5.41) is 3.76. The maximum Gasteiger partial charge on any atom is 0.0419 e. The molecule has 3 atom stereocenters. The zero-order valence-corrected chi connectivity index (χ0v) is 12.4. The maximum absolute atomic E-state index is 4.50. The van der Waals surface area contributed by atoms with Gasteiger partial charge in [-0.05, 0) is 49.8 Å². The van der Waals surface area contributed by atoms with Crippen LogP contribution in [-0.2, 0) is 6.42 Å². The summed E-state index contributed by atoms with van der Waals surface area (Å²) in [5.74, 6) is 1.80. The Hall–Kier alpha value is -0.890. The molecule has 19 heavy (non-hydrogen) atoms. The fourth-order valence-electron chi connectivity index (χ4n) is 3.33. The molecule has 106 valence electrons. The van der Waals surface area contributed by atoms with Crippen molar-refractivity contribution in [2.24, 2.45) is 11.8 Å². The number of nitrogens with one attached hydrogen (secondary N) is 1. The van der Waals surface area contributed by atoms with Gasteiger partial charge in [-0.3, -0.25) is 4.98 Å². The molecular formula is C17H28N2. The van der Waals surface area contributed by atoms with Crippen LogP contribution in [0.1, 0.15) is 51.6 Å². The molecule has 0 amide bonds. The van der Waals surface area contributed by atoms with Crippen molar-refractivity contribution >= 4 is 0 Å². The minimum Gasteiger partial charge on any atom is -0.313 e. The lowest BCUT2D eigenvalue weighted by atomic mass is 9.92. The van der Waals surface area contributed by atoms with Gasteiger partial charge in [-0.1, -0.05) is 32.8 Å². The van der Waals surface area contributed by atoms with Gasteiger partial charge in [-0.2, -0.15) is 0 Å². The van der Waals surface area contributed by atoms with Crippen LogP contribution in [0, 0.1) is 11.8 Å². The highest BCUT2D eigenvalue weighted by molar-refractivity contribution is 5.06. The van der Waals surface area contributed by atoms with E-state index in [2.05, 4.69) is 36.3 Å². The van der Waals surface area contributed by atoms with Crippen molar-refractivity contribution in [2.75, 3.05) is 6.54 Å². The van der Waals surface area contributed by atoms with Crippen LogP contribution in [0.25, 0.3) is 0 Å². The predicted octanol–water partition coefficient (Wildman–Crippen LogP) is 3.82. The molecule has 0 bridgehead atoms.